The highest BCUT2D eigenvalue weighted by Crippen LogP contribution is 2.24. The summed E-state index contributed by atoms with van der Waals surface area (Å²) in [6.45, 7) is 3.82. The van der Waals surface area contributed by atoms with Gasteiger partial charge in [-0.05, 0) is 43.3 Å². The van der Waals surface area contributed by atoms with Gasteiger partial charge in [0.05, 0.1) is 0 Å². The molecule has 0 atom stereocenters. The number of ether oxygens (including phenoxy) is 1. The van der Waals surface area contributed by atoms with Crippen LogP contribution in [0.3, 0.4) is 0 Å². The minimum Gasteiger partial charge on any atom is -0.406 e. The molecule has 0 saturated carbocycles. The minimum atomic E-state index is -4.77. The predicted octanol–water partition coefficient (Wildman–Crippen LogP) is 3.78. The van der Waals surface area contributed by atoms with Crippen molar-refractivity contribution in [2.45, 2.75) is 13.3 Å². The summed E-state index contributed by atoms with van der Waals surface area (Å²) in [5.74, 6) is 2.02. The fourth-order valence-corrected chi connectivity index (χ4v) is 3.47. The molecule has 1 fully saturated rings. The molecule has 1 N–H and O–H groups in total. The summed E-state index contributed by atoms with van der Waals surface area (Å²) >= 11 is 0. The van der Waals surface area contributed by atoms with E-state index in [0.29, 0.717) is 49.2 Å². The fourth-order valence-electron chi connectivity index (χ4n) is 3.47. The predicted molar refractivity (Wildman–Crippen MR) is 116 cm³/mol. The number of halogens is 3. The molecule has 0 bridgehead atoms. The van der Waals surface area contributed by atoms with Gasteiger partial charge in [0, 0.05) is 44.0 Å². The highest BCUT2D eigenvalue weighted by molar-refractivity contribution is 5.94. The zero-order valence-corrected chi connectivity index (χ0v) is 17.7. The molecule has 0 spiro atoms. The van der Waals surface area contributed by atoms with Crippen LogP contribution in [-0.4, -0.2) is 58.3 Å². The molecule has 1 aromatic carbocycles. The number of hydrogen-bond acceptors (Lipinski definition) is 7. The Kier molecular flexibility index (Phi) is 6.29. The summed E-state index contributed by atoms with van der Waals surface area (Å²) in [4.78, 5) is 29.6. The van der Waals surface area contributed by atoms with Crippen LogP contribution in [0.5, 0.6) is 5.75 Å². The second-order valence-electron chi connectivity index (χ2n) is 7.35. The molecule has 8 nitrogen and oxygen atoms in total. The first-order valence-corrected chi connectivity index (χ1v) is 10.2. The molecule has 4 rings (SSSR count). The van der Waals surface area contributed by atoms with E-state index in [-0.39, 0.29) is 11.7 Å². The average Bonchev–Trinajstić information content (AvgIpc) is 2.78. The van der Waals surface area contributed by atoms with E-state index < -0.39 is 6.36 Å². The number of piperazine rings is 1. The maximum Gasteiger partial charge on any atom is 0.573 e. The monoisotopic (exact) mass is 458 g/mol. The highest BCUT2D eigenvalue weighted by atomic mass is 19.4. The average molecular weight is 458 g/mol. The molecule has 11 heteroatoms. The summed E-state index contributed by atoms with van der Waals surface area (Å²) in [6, 6.07) is 12.3. The van der Waals surface area contributed by atoms with Gasteiger partial charge in [-0.2, -0.15) is 0 Å². The number of rotatable bonds is 5. The van der Waals surface area contributed by atoms with Crippen LogP contribution in [0.4, 0.5) is 30.6 Å². The van der Waals surface area contributed by atoms with Gasteiger partial charge in [0.2, 0.25) is 0 Å². The summed E-state index contributed by atoms with van der Waals surface area (Å²) in [5.41, 5.74) is 0.303. The summed E-state index contributed by atoms with van der Waals surface area (Å²) in [5, 5.41) is 3.16. The van der Waals surface area contributed by atoms with Crippen molar-refractivity contribution in [1.82, 2.24) is 19.9 Å². The number of anilines is 3. The molecule has 1 amide bonds. The van der Waals surface area contributed by atoms with Crippen LogP contribution in [0.2, 0.25) is 0 Å². The summed E-state index contributed by atoms with van der Waals surface area (Å²) < 4.78 is 40.8. The third kappa shape index (κ3) is 5.88. The number of benzene rings is 1. The number of hydrogen-bond donors (Lipinski definition) is 1. The molecule has 3 aromatic rings. The van der Waals surface area contributed by atoms with Gasteiger partial charge in [-0.1, -0.05) is 6.07 Å². The molecule has 1 aliphatic rings. The second-order valence-corrected chi connectivity index (χ2v) is 7.35. The van der Waals surface area contributed by atoms with Crippen LogP contribution in [0.15, 0.2) is 54.7 Å². The zero-order chi connectivity index (χ0) is 23.4. The number of aromatic nitrogens is 3. The molecule has 172 valence electrons. The Hall–Kier alpha value is -3.89. The first-order chi connectivity index (χ1) is 15.8. The maximum atomic E-state index is 12.8. The lowest BCUT2D eigenvalue weighted by atomic mass is 10.1. The van der Waals surface area contributed by atoms with Crippen molar-refractivity contribution >= 4 is 23.4 Å². The molecule has 0 radical (unpaired) electrons. The molecule has 0 unspecified atom stereocenters. The number of amides is 1. The molecule has 1 saturated heterocycles. The molecule has 33 heavy (non-hydrogen) atoms. The van der Waals surface area contributed by atoms with E-state index in [1.807, 2.05) is 24.3 Å². The van der Waals surface area contributed by atoms with Crippen molar-refractivity contribution in [3.8, 4) is 5.75 Å². The lowest BCUT2D eigenvalue weighted by Crippen LogP contribution is -2.49. The number of carbonyl (C=O) groups excluding carboxylic acids is 1. The SMILES string of the molecule is Cc1nc(Nc2ccccn2)cc(N2CCN(C(=O)c3ccc(OC(F)(F)F)cc3)CC2)n1. The smallest absolute Gasteiger partial charge is 0.406 e. The lowest BCUT2D eigenvalue weighted by molar-refractivity contribution is -0.274. The number of pyridine rings is 1. The number of alkyl halides is 3. The van der Waals surface area contributed by atoms with Gasteiger partial charge in [0.15, 0.2) is 0 Å². The van der Waals surface area contributed by atoms with Gasteiger partial charge >= 0.3 is 6.36 Å². The molecule has 2 aromatic heterocycles. The van der Waals surface area contributed by atoms with Gasteiger partial charge in [-0.25, -0.2) is 15.0 Å². The van der Waals surface area contributed by atoms with Crippen molar-refractivity contribution < 1.29 is 22.7 Å². The van der Waals surface area contributed by atoms with Crippen LogP contribution in [0.25, 0.3) is 0 Å². The lowest BCUT2D eigenvalue weighted by Gasteiger charge is -2.35. The first kappa shape index (κ1) is 22.3. The third-order valence-corrected chi connectivity index (χ3v) is 4.97. The molecule has 1 aliphatic heterocycles. The fraction of sp³-hybridized carbons (Fsp3) is 0.273. The standard InChI is InChI=1S/C22H21F3N6O2/c1-15-27-19(29-18-4-2-3-9-26-18)14-20(28-15)30-10-12-31(13-11-30)21(32)16-5-7-17(8-6-16)33-22(23,24)25/h2-9,14H,10-13H2,1H3,(H,26,27,28,29). The van der Waals surface area contributed by atoms with Crippen molar-refractivity contribution in [1.29, 1.82) is 0 Å². The first-order valence-electron chi connectivity index (χ1n) is 10.2. The van der Waals surface area contributed by atoms with E-state index in [0.717, 1.165) is 18.0 Å². The third-order valence-electron chi connectivity index (χ3n) is 4.97. The van der Waals surface area contributed by atoms with Crippen LogP contribution in [0, 0.1) is 6.92 Å². The Morgan fingerprint density at radius 2 is 1.73 bits per heavy atom. The zero-order valence-electron chi connectivity index (χ0n) is 17.7. The maximum absolute atomic E-state index is 12.8. The van der Waals surface area contributed by atoms with E-state index in [9.17, 15) is 18.0 Å². The van der Waals surface area contributed by atoms with Crippen LogP contribution >= 0.6 is 0 Å². The van der Waals surface area contributed by atoms with Crippen molar-refractivity contribution in [3.63, 3.8) is 0 Å². The second kappa shape index (κ2) is 9.31. The Labute approximate surface area is 188 Å². The largest absolute Gasteiger partial charge is 0.573 e. The van der Waals surface area contributed by atoms with Gasteiger partial charge in [0.1, 0.15) is 29.0 Å². The van der Waals surface area contributed by atoms with Crippen LogP contribution in [0.1, 0.15) is 16.2 Å². The van der Waals surface area contributed by atoms with Crippen LogP contribution in [-0.2, 0) is 0 Å². The van der Waals surface area contributed by atoms with Gasteiger partial charge in [-0.3, -0.25) is 4.79 Å². The van der Waals surface area contributed by atoms with Crippen molar-refractivity contribution in [2.24, 2.45) is 0 Å². The normalized spacial score (nSPS) is 14.2. The Morgan fingerprint density at radius 3 is 2.36 bits per heavy atom. The highest BCUT2D eigenvalue weighted by Gasteiger charge is 2.31. The van der Waals surface area contributed by atoms with Gasteiger partial charge in [-0.15, -0.1) is 13.2 Å². The van der Waals surface area contributed by atoms with E-state index in [4.69, 9.17) is 0 Å². The number of nitrogens with one attached hydrogen (secondary N) is 1. The summed E-state index contributed by atoms with van der Waals surface area (Å²) in [6.07, 6.45) is -3.08. The number of aryl methyl sites for hydroxylation is 1. The molecular weight excluding hydrogens is 437 g/mol. The number of nitrogens with zero attached hydrogens (tertiary/aromatic N) is 5. The Morgan fingerprint density at radius 1 is 1.00 bits per heavy atom. The van der Waals surface area contributed by atoms with E-state index >= 15 is 0 Å². The Bertz CT molecular complexity index is 1100. The minimum absolute atomic E-state index is 0.246. The van der Waals surface area contributed by atoms with Gasteiger partial charge < -0.3 is 19.9 Å². The molecule has 0 aliphatic carbocycles. The van der Waals surface area contributed by atoms with E-state index in [1.165, 1.54) is 12.1 Å². The van der Waals surface area contributed by atoms with Crippen molar-refractivity contribution in [3.05, 3.63) is 66.1 Å². The topological polar surface area (TPSA) is 83.5 Å². The molecular formula is C22H21F3N6O2. The van der Waals surface area contributed by atoms with E-state index in [1.54, 1.807) is 18.0 Å². The molecule has 3 heterocycles. The van der Waals surface area contributed by atoms with Crippen LogP contribution < -0.4 is 15.0 Å². The van der Waals surface area contributed by atoms with Gasteiger partial charge in [0.25, 0.3) is 5.91 Å². The number of carbonyl (C=O) groups is 1. The van der Waals surface area contributed by atoms with Crippen molar-refractivity contribution in [2.75, 3.05) is 36.4 Å². The summed E-state index contributed by atoms with van der Waals surface area (Å²) in [7, 11) is 0. The van der Waals surface area contributed by atoms with E-state index in [2.05, 4.69) is 29.9 Å². The Balaban J connectivity index is 1.38. The quantitative estimate of drug-likeness (QED) is 0.623.